The highest BCUT2D eigenvalue weighted by Crippen LogP contribution is 2.29. The third-order valence-corrected chi connectivity index (χ3v) is 4.10. The van der Waals surface area contributed by atoms with Crippen LogP contribution >= 0.6 is 0 Å². The number of nitrogens with zero attached hydrogens (tertiary/aromatic N) is 2. The van der Waals surface area contributed by atoms with Crippen molar-refractivity contribution in [2.45, 2.75) is 0 Å². The van der Waals surface area contributed by atoms with Gasteiger partial charge in [0.25, 0.3) is 17.7 Å². The first-order chi connectivity index (χ1) is 12.6. The van der Waals surface area contributed by atoms with Gasteiger partial charge in [-0.25, -0.2) is 4.90 Å². The van der Waals surface area contributed by atoms with Gasteiger partial charge in [0.15, 0.2) is 0 Å². The number of hydrogen-bond donors (Lipinski definition) is 1. The first-order valence-corrected chi connectivity index (χ1v) is 7.94. The van der Waals surface area contributed by atoms with E-state index in [2.05, 4.69) is 10.3 Å². The Balaban J connectivity index is 1.62. The van der Waals surface area contributed by atoms with Crippen LogP contribution < -0.4 is 10.2 Å². The first-order valence-electron chi connectivity index (χ1n) is 7.94. The first kappa shape index (κ1) is 15.7. The molecule has 1 aliphatic rings. The van der Waals surface area contributed by atoms with Gasteiger partial charge in [0, 0.05) is 23.6 Å². The van der Waals surface area contributed by atoms with Crippen molar-refractivity contribution in [3.05, 3.63) is 89.7 Å². The molecule has 0 saturated carbocycles. The molecule has 1 N–H and O–H groups in total. The summed E-state index contributed by atoms with van der Waals surface area (Å²) in [5.74, 6) is -1.04. The predicted molar refractivity (Wildman–Crippen MR) is 96.2 cm³/mol. The van der Waals surface area contributed by atoms with Crippen molar-refractivity contribution >= 4 is 29.1 Å². The van der Waals surface area contributed by atoms with Crippen LogP contribution in [0.25, 0.3) is 0 Å². The molecule has 126 valence electrons. The molecule has 1 aromatic heterocycles. The van der Waals surface area contributed by atoms with Gasteiger partial charge in [0.1, 0.15) is 0 Å². The van der Waals surface area contributed by atoms with Gasteiger partial charge in [-0.1, -0.05) is 18.2 Å². The van der Waals surface area contributed by atoms with Gasteiger partial charge in [0.05, 0.1) is 16.8 Å². The van der Waals surface area contributed by atoms with Crippen LogP contribution in [0.1, 0.15) is 31.1 Å². The molecular formula is C20H13N3O3. The Morgan fingerprint density at radius 2 is 1.50 bits per heavy atom. The third-order valence-electron chi connectivity index (χ3n) is 4.10. The zero-order valence-electron chi connectivity index (χ0n) is 13.5. The number of carbonyl (C=O) groups excluding carboxylic acids is 3. The van der Waals surface area contributed by atoms with Crippen molar-refractivity contribution in [3.8, 4) is 0 Å². The molecule has 6 nitrogen and oxygen atoms in total. The fourth-order valence-electron chi connectivity index (χ4n) is 2.85. The summed E-state index contributed by atoms with van der Waals surface area (Å²) in [6.45, 7) is 0. The van der Waals surface area contributed by atoms with E-state index in [1.807, 2.05) is 0 Å². The van der Waals surface area contributed by atoms with E-state index in [1.54, 1.807) is 60.7 Å². The molecule has 3 aromatic rings. The van der Waals surface area contributed by atoms with Gasteiger partial charge in [-0.05, 0) is 42.5 Å². The summed E-state index contributed by atoms with van der Waals surface area (Å²) in [5.41, 5.74) is 2.11. The maximum absolute atomic E-state index is 12.6. The average molecular weight is 343 g/mol. The van der Waals surface area contributed by atoms with E-state index in [9.17, 15) is 14.4 Å². The summed E-state index contributed by atoms with van der Waals surface area (Å²) in [7, 11) is 0. The van der Waals surface area contributed by atoms with Crippen LogP contribution in [0.5, 0.6) is 0 Å². The SMILES string of the molecule is O=C(Nc1cccc(N2C(=O)c3ccccc3C2=O)c1)c1ccncc1. The second-order valence-corrected chi connectivity index (χ2v) is 5.73. The lowest BCUT2D eigenvalue weighted by atomic mass is 10.1. The summed E-state index contributed by atoms with van der Waals surface area (Å²) in [6, 6.07) is 16.5. The number of rotatable bonds is 3. The molecule has 0 bridgehead atoms. The van der Waals surface area contributed by atoms with Crippen LogP contribution in [0.2, 0.25) is 0 Å². The molecule has 0 aliphatic carbocycles. The van der Waals surface area contributed by atoms with Crippen molar-refractivity contribution < 1.29 is 14.4 Å². The van der Waals surface area contributed by atoms with Gasteiger partial charge in [-0.3, -0.25) is 19.4 Å². The second kappa shape index (κ2) is 6.25. The molecule has 26 heavy (non-hydrogen) atoms. The summed E-state index contributed by atoms with van der Waals surface area (Å²) < 4.78 is 0. The van der Waals surface area contributed by atoms with Crippen LogP contribution in [0.15, 0.2) is 73.1 Å². The number of carbonyl (C=O) groups is 3. The summed E-state index contributed by atoms with van der Waals surface area (Å²) in [5, 5.41) is 2.76. The minimum atomic E-state index is -0.372. The molecular weight excluding hydrogens is 330 g/mol. The van der Waals surface area contributed by atoms with Crippen molar-refractivity contribution in [1.29, 1.82) is 0 Å². The predicted octanol–water partition coefficient (Wildman–Crippen LogP) is 3.13. The Labute approximate surface area is 149 Å². The van der Waals surface area contributed by atoms with Crippen LogP contribution in [-0.2, 0) is 0 Å². The lowest BCUT2D eigenvalue weighted by molar-refractivity contribution is 0.0925. The Morgan fingerprint density at radius 3 is 2.15 bits per heavy atom. The Kier molecular flexibility index (Phi) is 3.78. The molecule has 0 spiro atoms. The number of nitrogens with one attached hydrogen (secondary N) is 1. The van der Waals surface area contributed by atoms with E-state index in [0.29, 0.717) is 28.1 Å². The Morgan fingerprint density at radius 1 is 0.846 bits per heavy atom. The number of pyridine rings is 1. The van der Waals surface area contributed by atoms with Crippen molar-refractivity contribution in [2.75, 3.05) is 10.2 Å². The minimum absolute atomic E-state index is 0.299. The fraction of sp³-hybridized carbons (Fsp3) is 0. The average Bonchev–Trinajstić information content (AvgIpc) is 2.94. The molecule has 0 saturated heterocycles. The van der Waals surface area contributed by atoms with Crippen molar-refractivity contribution in [1.82, 2.24) is 4.98 Å². The van der Waals surface area contributed by atoms with Gasteiger partial charge in [0.2, 0.25) is 0 Å². The van der Waals surface area contributed by atoms with E-state index in [-0.39, 0.29) is 17.7 Å². The number of amides is 3. The summed E-state index contributed by atoms with van der Waals surface area (Å²) in [6.07, 6.45) is 3.06. The molecule has 2 heterocycles. The van der Waals surface area contributed by atoms with E-state index < -0.39 is 0 Å². The molecule has 0 fully saturated rings. The highest BCUT2D eigenvalue weighted by atomic mass is 16.2. The number of anilines is 2. The van der Waals surface area contributed by atoms with Gasteiger partial charge in [-0.15, -0.1) is 0 Å². The fourth-order valence-corrected chi connectivity index (χ4v) is 2.85. The number of hydrogen-bond acceptors (Lipinski definition) is 4. The number of aromatic nitrogens is 1. The molecule has 4 rings (SSSR count). The molecule has 0 radical (unpaired) electrons. The van der Waals surface area contributed by atoms with Crippen LogP contribution in [0.4, 0.5) is 11.4 Å². The molecule has 3 amide bonds. The molecule has 6 heteroatoms. The summed E-state index contributed by atoms with van der Waals surface area (Å²) in [4.78, 5) is 42.4. The molecule has 1 aliphatic heterocycles. The Hall–Kier alpha value is -3.80. The smallest absolute Gasteiger partial charge is 0.266 e. The van der Waals surface area contributed by atoms with Crippen molar-refractivity contribution in [3.63, 3.8) is 0 Å². The highest BCUT2D eigenvalue weighted by molar-refractivity contribution is 6.34. The van der Waals surface area contributed by atoms with Crippen molar-refractivity contribution in [2.24, 2.45) is 0 Å². The molecule has 0 unspecified atom stereocenters. The second-order valence-electron chi connectivity index (χ2n) is 5.73. The van der Waals surface area contributed by atoms with Gasteiger partial charge in [-0.2, -0.15) is 0 Å². The normalized spacial score (nSPS) is 12.8. The topological polar surface area (TPSA) is 79.4 Å². The maximum Gasteiger partial charge on any atom is 0.266 e. The largest absolute Gasteiger partial charge is 0.322 e. The Bertz CT molecular complexity index is 996. The molecule has 2 aromatic carbocycles. The van der Waals surface area contributed by atoms with E-state index in [1.165, 1.54) is 12.4 Å². The number of fused-ring (bicyclic) bond motifs is 1. The van der Waals surface area contributed by atoms with Crippen LogP contribution in [-0.4, -0.2) is 22.7 Å². The lowest BCUT2D eigenvalue weighted by Gasteiger charge is -2.15. The highest BCUT2D eigenvalue weighted by Gasteiger charge is 2.36. The monoisotopic (exact) mass is 343 g/mol. The third kappa shape index (κ3) is 2.63. The van der Waals surface area contributed by atoms with E-state index in [4.69, 9.17) is 0 Å². The van der Waals surface area contributed by atoms with E-state index >= 15 is 0 Å². The molecule has 0 atom stereocenters. The van der Waals surface area contributed by atoms with Gasteiger partial charge >= 0.3 is 0 Å². The lowest BCUT2D eigenvalue weighted by Crippen LogP contribution is -2.29. The minimum Gasteiger partial charge on any atom is -0.322 e. The van der Waals surface area contributed by atoms with Gasteiger partial charge < -0.3 is 5.32 Å². The number of imide groups is 1. The zero-order valence-corrected chi connectivity index (χ0v) is 13.5. The van der Waals surface area contributed by atoms with E-state index in [0.717, 1.165) is 4.90 Å². The zero-order chi connectivity index (χ0) is 18.1. The quantitative estimate of drug-likeness (QED) is 0.741. The van der Waals surface area contributed by atoms with Crippen LogP contribution in [0, 0.1) is 0 Å². The van der Waals surface area contributed by atoms with Crippen LogP contribution in [0.3, 0.4) is 0 Å². The summed E-state index contributed by atoms with van der Waals surface area (Å²) >= 11 is 0. The standard InChI is InChI=1S/C20H13N3O3/c24-18(13-8-10-21-11-9-13)22-14-4-3-5-15(12-14)23-19(25)16-6-1-2-7-17(16)20(23)26/h1-12H,(H,22,24). The maximum atomic E-state index is 12.6. The number of benzene rings is 2.